The lowest BCUT2D eigenvalue weighted by molar-refractivity contribution is -0.169. The highest BCUT2D eigenvalue weighted by atomic mass is 16.7. The average Bonchev–Trinajstić information content (AvgIpc) is 2.60. The molecule has 1 aromatic carbocycles. The van der Waals surface area contributed by atoms with Gasteiger partial charge in [0.2, 0.25) is 0 Å². The molecule has 0 aliphatic carbocycles. The number of benzene rings is 1. The summed E-state index contributed by atoms with van der Waals surface area (Å²) in [5.74, 6) is 0. The van der Waals surface area contributed by atoms with Gasteiger partial charge in [-0.2, -0.15) is 0 Å². The number of ether oxygens (including phenoxy) is 4. The van der Waals surface area contributed by atoms with E-state index in [2.05, 4.69) is 24.3 Å². The zero-order valence-electron chi connectivity index (χ0n) is 13.2. The van der Waals surface area contributed by atoms with Crippen LogP contribution in [0.25, 0.3) is 0 Å². The van der Waals surface area contributed by atoms with Gasteiger partial charge in [-0.25, -0.2) is 0 Å². The Balaban J connectivity index is 1.44. The first kappa shape index (κ1) is 15.9. The molecule has 4 nitrogen and oxygen atoms in total. The third kappa shape index (κ3) is 5.06. The SMILES string of the molecule is c1cc(COC2CCCCO2)cc(COC2CCCCO2)c1. The van der Waals surface area contributed by atoms with E-state index < -0.39 is 0 Å². The van der Waals surface area contributed by atoms with Gasteiger partial charge in [0.05, 0.1) is 13.2 Å². The maximum atomic E-state index is 5.83. The average molecular weight is 306 g/mol. The smallest absolute Gasteiger partial charge is 0.158 e. The van der Waals surface area contributed by atoms with Gasteiger partial charge in [0.1, 0.15) is 0 Å². The molecule has 2 heterocycles. The molecule has 0 radical (unpaired) electrons. The molecule has 0 spiro atoms. The maximum Gasteiger partial charge on any atom is 0.158 e. The lowest BCUT2D eigenvalue weighted by Gasteiger charge is -2.23. The Morgan fingerprint density at radius 3 is 1.82 bits per heavy atom. The molecule has 0 aromatic heterocycles. The van der Waals surface area contributed by atoms with Gasteiger partial charge in [0, 0.05) is 13.2 Å². The Morgan fingerprint density at radius 2 is 1.36 bits per heavy atom. The van der Waals surface area contributed by atoms with Gasteiger partial charge in [-0.1, -0.05) is 24.3 Å². The van der Waals surface area contributed by atoms with Crippen molar-refractivity contribution < 1.29 is 18.9 Å². The minimum absolute atomic E-state index is 0.0377. The first-order valence-corrected chi connectivity index (χ1v) is 8.44. The van der Waals surface area contributed by atoms with Crippen LogP contribution in [0.2, 0.25) is 0 Å². The molecule has 2 aliphatic rings. The highest BCUT2D eigenvalue weighted by molar-refractivity contribution is 5.22. The number of hydrogen-bond donors (Lipinski definition) is 0. The normalized spacial score (nSPS) is 26.0. The Kier molecular flexibility index (Phi) is 6.25. The molecule has 22 heavy (non-hydrogen) atoms. The summed E-state index contributed by atoms with van der Waals surface area (Å²) < 4.78 is 22.8. The largest absolute Gasteiger partial charge is 0.353 e. The van der Waals surface area contributed by atoms with Crippen LogP contribution in [0.4, 0.5) is 0 Å². The quantitative estimate of drug-likeness (QED) is 0.801. The van der Waals surface area contributed by atoms with Gasteiger partial charge in [0.25, 0.3) is 0 Å². The van der Waals surface area contributed by atoms with Crippen LogP contribution in [0.5, 0.6) is 0 Å². The standard InChI is InChI=1S/C18H26O4/c1-3-10-19-17(8-1)21-13-15-6-5-7-16(12-15)14-22-18-9-2-4-11-20-18/h5-7,12,17-18H,1-4,8-11,13-14H2. The minimum Gasteiger partial charge on any atom is -0.353 e. The van der Waals surface area contributed by atoms with Crippen LogP contribution in [0, 0.1) is 0 Å². The van der Waals surface area contributed by atoms with Crippen molar-refractivity contribution in [3.05, 3.63) is 35.4 Å². The summed E-state index contributed by atoms with van der Waals surface area (Å²) in [7, 11) is 0. The van der Waals surface area contributed by atoms with Crippen LogP contribution < -0.4 is 0 Å². The van der Waals surface area contributed by atoms with Gasteiger partial charge >= 0.3 is 0 Å². The van der Waals surface area contributed by atoms with E-state index >= 15 is 0 Å². The maximum absolute atomic E-state index is 5.83. The van der Waals surface area contributed by atoms with Crippen LogP contribution in [0.3, 0.4) is 0 Å². The molecule has 2 atom stereocenters. The Morgan fingerprint density at radius 1 is 0.818 bits per heavy atom. The number of rotatable bonds is 6. The summed E-state index contributed by atoms with van der Waals surface area (Å²) in [6, 6.07) is 8.37. The molecule has 0 saturated carbocycles. The predicted octanol–water partition coefficient (Wildman–Crippen LogP) is 3.77. The van der Waals surface area contributed by atoms with Crippen LogP contribution in [0.15, 0.2) is 24.3 Å². The second-order valence-corrected chi connectivity index (χ2v) is 6.03. The van der Waals surface area contributed by atoms with Crippen LogP contribution in [0.1, 0.15) is 49.7 Å². The fraction of sp³-hybridized carbons (Fsp3) is 0.667. The summed E-state index contributed by atoms with van der Waals surface area (Å²) in [5.41, 5.74) is 2.33. The van der Waals surface area contributed by atoms with Crippen molar-refractivity contribution in [2.75, 3.05) is 13.2 Å². The fourth-order valence-electron chi connectivity index (χ4n) is 2.87. The monoisotopic (exact) mass is 306 g/mol. The Labute approximate surface area is 132 Å². The van der Waals surface area contributed by atoms with Gasteiger partial charge in [-0.15, -0.1) is 0 Å². The second kappa shape index (κ2) is 8.63. The van der Waals surface area contributed by atoms with Crippen LogP contribution >= 0.6 is 0 Å². The van der Waals surface area contributed by atoms with E-state index in [9.17, 15) is 0 Å². The highest BCUT2D eigenvalue weighted by Gasteiger charge is 2.15. The topological polar surface area (TPSA) is 36.9 Å². The van der Waals surface area contributed by atoms with Crippen LogP contribution in [-0.4, -0.2) is 25.8 Å². The molecule has 0 N–H and O–H groups in total. The molecule has 4 heteroatoms. The lowest BCUT2D eigenvalue weighted by Crippen LogP contribution is -2.22. The molecule has 2 unspecified atom stereocenters. The highest BCUT2D eigenvalue weighted by Crippen LogP contribution is 2.18. The van der Waals surface area contributed by atoms with E-state index in [4.69, 9.17) is 18.9 Å². The zero-order valence-corrected chi connectivity index (χ0v) is 13.2. The molecule has 122 valence electrons. The predicted molar refractivity (Wildman–Crippen MR) is 83.2 cm³/mol. The van der Waals surface area contributed by atoms with Gasteiger partial charge in [-0.05, 0) is 49.7 Å². The van der Waals surface area contributed by atoms with Gasteiger partial charge < -0.3 is 18.9 Å². The summed E-state index contributed by atoms with van der Waals surface area (Å²) in [6.45, 7) is 2.83. The van der Waals surface area contributed by atoms with Crippen molar-refractivity contribution in [3.63, 3.8) is 0 Å². The molecule has 3 rings (SSSR count). The molecule has 2 saturated heterocycles. The Hall–Kier alpha value is -0.940. The van der Waals surface area contributed by atoms with Crippen molar-refractivity contribution in [1.29, 1.82) is 0 Å². The summed E-state index contributed by atoms with van der Waals surface area (Å²) in [5, 5.41) is 0. The van der Waals surface area contributed by atoms with Crippen LogP contribution in [-0.2, 0) is 32.2 Å². The molecule has 1 aromatic rings. The molecular formula is C18H26O4. The first-order chi connectivity index (χ1) is 10.9. The first-order valence-electron chi connectivity index (χ1n) is 8.44. The molecule has 0 bridgehead atoms. The number of hydrogen-bond acceptors (Lipinski definition) is 4. The molecule has 0 amide bonds. The van der Waals surface area contributed by atoms with Gasteiger partial charge in [-0.3, -0.25) is 0 Å². The lowest BCUT2D eigenvalue weighted by atomic mass is 10.1. The van der Waals surface area contributed by atoms with Gasteiger partial charge in [0.15, 0.2) is 12.6 Å². The molecule has 2 aliphatic heterocycles. The van der Waals surface area contributed by atoms with Crippen molar-refractivity contribution in [1.82, 2.24) is 0 Å². The minimum atomic E-state index is -0.0377. The Bertz CT molecular complexity index is 399. The van der Waals surface area contributed by atoms with E-state index in [0.717, 1.165) is 38.9 Å². The third-order valence-corrected chi connectivity index (χ3v) is 4.14. The van der Waals surface area contributed by atoms with E-state index in [0.29, 0.717) is 13.2 Å². The molecule has 2 fully saturated rings. The summed E-state index contributed by atoms with van der Waals surface area (Å²) in [4.78, 5) is 0. The van der Waals surface area contributed by atoms with E-state index in [1.807, 2.05) is 0 Å². The second-order valence-electron chi connectivity index (χ2n) is 6.03. The summed E-state index contributed by atoms with van der Waals surface area (Å²) in [6.07, 6.45) is 6.61. The zero-order chi connectivity index (χ0) is 15.0. The third-order valence-electron chi connectivity index (χ3n) is 4.14. The molecular weight excluding hydrogens is 280 g/mol. The van der Waals surface area contributed by atoms with E-state index in [1.165, 1.54) is 24.0 Å². The van der Waals surface area contributed by atoms with Crippen molar-refractivity contribution in [3.8, 4) is 0 Å². The summed E-state index contributed by atoms with van der Waals surface area (Å²) >= 11 is 0. The van der Waals surface area contributed by atoms with Crippen molar-refractivity contribution in [2.24, 2.45) is 0 Å². The van der Waals surface area contributed by atoms with Crippen molar-refractivity contribution >= 4 is 0 Å². The van der Waals surface area contributed by atoms with E-state index in [-0.39, 0.29) is 12.6 Å². The fourth-order valence-corrected chi connectivity index (χ4v) is 2.87. The van der Waals surface area contributed by atoms with E-state index in [1.54, 1.807) is 0 Å². The van der Waals surface area contributed by atoms with Crippen molar-refractivity contribution in [2.45, 2.75) is 64.3 Å².